The van der Waals surface area contributed by atoms with Crippen molar-refractivity contribution in [3.8, 4) is 0 Å². The van der Waals surface area contributed by atoms with E-state index in [4.69, 9.17) is 9.98 Å². The first-order valence-electron chi connectivity index (χ1n) is 19.0. The Kier molecular flexibility index (Phi) is 25.1. The summed E-state index contributed by atoms with van der Waals surface area (Å²) in [4.78, 5) is 10.4. The van der Waals surface area contributed by atoms with Gasteiger partial charge in [0, 0.05) is 22.7 Å². The molecule has 0 atom stereocenters. The van der Waals surface area contributed by atoms with E-state index in [1.165, 1.54) is 138 Å². The first kappa shape index (κ1) is 41.3. The first-order chi connectivity index (χ1) is 21.6. The summed E-state index contributed by atoms with van der Waals surface area (Å²) in [5.74, 6) is 0. The topological polar surface area (TPSA) is 24.7 Å². The maximum atomic E-state index is 5.32. The van der Waals surface area contributed by atoms with Gasteiger partial charge in [-0.15, -0.1) is 0 Å². The van der Waals surface area contributed by atoms with E-state index >= 15 is 0 Å². The molecular weight excluding hydrogens is 591 g/mol. The molecule has 0 bridgehead atoms. The van der Waals surface area contributed by atoms with E-state index in [0.717, 1.165) is 49.2 Å². The third-order valence-corrected chi connectivity index (χ3v) is 8.77. The summed E-state index contributed by atoms with van der Waals surface area (Å²) in [5, 5.41) is 0. The van der Waals surface area contributed by atoms with Crippen LogP contribution in [0.3, 0.4) is 0 Å². The van der Waals surface area contributed by atoms with Crippen molar-refractivity contribution < 1.29 is 16.5 Å². The molecule has 0 radical (unpaired) electrons. The normalized spacial score (nSPS) is 11.8. The number of hydrogen-bond donors (Lipinski definition) is 0. The van der Waals surface area contributed by atoms with Gasteiger partial charge in [-0.1, -0.05) is 130 Å². The quantitative estimate of drug-likeness (QED) is 0.0546. The number of aliphatic imine (C=N–C) groups is 2. The molecule has 256 valence electrons. The zero-order chi connectivity index (χ0) is 31.7. The van der Waals surface area contributed by atoms with E-state index in [1.54, 1.807) is 0 Å². The Hall–Kier alpha value is -1.73. The Morgan fingerprint density at radius 3 is 1.22 bits per heavy atom. The van der Waals surface area contributed by atoms with Crippen LogP contribution in [-0.4, -0.2) is 11.9 Å². The first-order valence-corrected chi connectivity index (χ1v) is 19.0. The summed E-state index contributed by atoms with van der Waals surface area (Å²) in [7, 11) is 0. The molecular formula is C42H68N2Ni. The van der Waals surface area contributed by atoms with Gasteiger partial charge in [0.25, 0.3) is 0 Å². The molecule has 0 amide bonds. The molecule has 45 heavy (non-hydrogen) atoms. The molecule has 0 aliphatic carbocycles. The Morgan fingerprint density at radius 1 is 0.444 bits per heavy atom. The van der Waals surface area contributed by atoms with E-state index < -0.39 is 0 Å². The molecule has 0 unspecified atom stereocenters. The van der Waals surface area contributed by atoms with Gasteiger partial charge in [-0.3, -0.25) is 9.98 Å². The molecule has 3 heteroatoms. The Bertz CT molecular complexity index is 1010. The Morgan fingerprint density at radius 2 is 0.800 bits per heavy atom. The maximum absolute atomic E-state index is 5.32. The van der Waals surface area contributed by atoms with Crippen LogP contribution in [0.25, 0.3) is 0 Å². The molecule has 0 spiro atoms. The van der Waals surface area contributed by atoms with Crippen molar-refractivity contribution in [2.45, 2.75) is 182 Å². The van der Waals surface area contributed by atoms with Gasteiger partial charge in [0.05, 0.1) is 17.1 Å². The monoisotopic (exact) mass is 658 g/mol. The second-order valence-electron chi connectivity index (χ2n) is 13.2. The average Bonchev–Trinajstić information content (AvgIpc) is 3.02. The number of benzene rings is 2. The second-order valence-corrected chi connectivity index (χ2v) is 13.2. The summed E-state index contributed by atoms with van der Waals surface area (Å²) in [6.07, 6.45) is 30.8. The van der Waals surface area contributed by atoms with Crippen molar-refractivity contribution in [1.82, 2.24) is 0 Å². The van der Waals surface area contributed by atoms with Crippen LogP contribution in [0.5, 0.6) is 0 Å². The van der Waals surface area contributed by atoms with Crippen molar-refractivity contribution in [2.75, 3.05) is 0 Å². The molecule has 2 aromatic carbocycles. The molecule has 0 aromatic heterocycles. The van der Waals surface area contributed by atoms with Gasteiger partial charge in [-0.2, -0.15) is 0 Å². The second kappa shape index (κ2) is 27.4. The summed E-state index contributed by atoms with van der Waals surface area (Å²) >= 11 is 0. The van der Waals surface area contributed by atoms with E-state index in [1.807, 2.05) is 0 Å². The van der Waals surface area contributed by atoms with Gasteiger partial charge in [-0.05, 0) is 111 Å². The number of nitrogens with zero attached hydrogens (tertiary/aromatic N) is 2. The molecule has 0 aliphatic heterocycles. The minimum Gasteiger partial charge on any atom is -0.255 e. The predicted octanol–water partition coefficient (Wildman–Crippen LogP) is 13.8. The molecule has 0 saturated carbocycles. The van der Waals surface area contributed by atoms with Gasteiger partial charge in [0.15, 0.2) is 0 Å². The van der Waals surface area contributed by atoms with Crippen LogP contribution in [0.4, 0.5) is 11.4 Å². The summed E-state index contributed by atoms with van der Waals surface area (Å²) < 4.78 is 0. The Labute approximate surface area is 289 Å². The molecule has 2 nitrogen and oxygen atoms in total. The van der Waals surface area contributed by atoms with Crippen molar-refractivity contribution in [2.24, 2.45) is 9.98 Å². The van der Waals surface area contributed by atoms with Crippen molar-refractivity contribution in [3.63, 3.8) is 0 Å². The summed E-state index contributed by atoms with van der Waals surface area (Å²) in [5.41, 5.74) is 9.18. The SMILES string of the molecule is CCCCCCCCC(C=Nc1cc(CCCCC)cc(CCCCC)c1)=Nc1cc(CCCCC)cc(CCCCC)c1.[Ni]. The molecule has 2 rings (SSSR count). The fraction of sp³-hybridized carbons (Fsp3) is 0.667. The van der Waals surface area contributed by atoms with Gasteiger partial charge < -0.3 is 0 Å². The number of hydrogen-bond acceptors (Lipinski definition) is 2. The molecule has 0 saturated heterocycles. The van der Waals surface area contributed by atoms with Crippen LogP contribution in [0.2, 0.25) is 0 Å². The van der Waals surface area contributed by atoms with Crippen LogP contribution in [0.15, 0.2) is 46.4 Å². The van der Waals surface area contributed by atoms with Gasteiger partial charge in [-0.25, -0.2) is 0 Å². The Balaban J connectivity index is 0.0000101. The minimum absolute atomic E-state index is 0. The zero-order valence-electron chi connectivity index (χ0n) is 30.0. The smallest absolute Gasteiger partial charge is 0.0639 e. The van der Waals surface area contributed by atoms with E-state index in [2.05, 4.69) is 77.2 Å². The summed E-state index contributed by atoms with van der Waals surface area (Å²) in [6, 6.07) is 14.3. The van der Waals surface area contributed by atoms with Crippen molar-refractivity contribution in [3.05, 3.63) is 58.7 Å². The third-order valence-electron chi connectivity index (χ3n) is 8.77. The fourth-order valence-corrected chi connectivity index (χ4v) is 6.07. The van der Waals surface area contributed by atoms with Gasteiger partial charge in [0.1, 0.15) is 0 Å². The molecule has 0 N–H and O–H groups in total. The van der Waals surface area contributed by atoms with Crippen molar-refractivity contribution in [1.29, 1.82) is 0 Å². The van der Waals surface area contributed by atoms with Crippen LogP contribution in [0.1, 0.15) is 179 Å². The number of rotatable bonds is 26. The molecule has 2 aromatic rings. The molecule has 0 heterocycles. The number of unbranched alkanes of at least 4 members (excludes halogenated alkanes) is 13. The molecule has 0 aliphatic rings. The minimum atomic E-state index is 0. The van der Waals surface area contributed by atoms with E-state index in [-0.39, 0.29) is 16.5 Å². The molecule has 0 fully saturated rings. The zero-order valence-corrected chi connectivity index (χ0v) is 31.0. The van der Waals surface area contributed by atoms with Gasteiger partial charge >= 0.3 is 0 Å². The third kappa shape index (κ3) is 19.5. The van der Waals surface area contributed by atoms with Crippen LogP contribution >= 0.6 is 0 Å². The van der Waals surface area contributed by atoms with Crippen molar-refractivity contribution >= 4 is 23.3 Å². The average molecular weight is 660 g/mol. The van der Waals surface area contributed by atoms with Crippen LogP contribution < -0.4 is 0 Å². The van der Waals surface area contributed by atoms with Crippen LogP contribution in [-0.2, 0) is 42.2 Å². The fourth-order valence-electron chi connectivity index (χ4n) is 6.07. The maximum Gasteiger partial charge on any atom is 0.0639 e. The van der Waals surface area contributed by atoms with Crippen LogP contribution in [0, 0.1) is 0 Å². The largest absolute Gasteiger partial charge is 0.255 e. The standard InChI is InChI=1S/C42H68N2.Ni/c1-6-11-16-17-18-23-28-40(44-42-33-38(26-21-14-9-4)30-39(34-42)27-22-15-10-5)35-43-41-31-36(24-19-12-7-2)29-37(32-41)25-20-13-8-3;/h29-35H,6-28H2,1-5H3;. The number of aryl methyl sites for hydroxylation is 4. The predicted molar refractivity (Wildman–Crippen MR) is 199 cm³/mol. The summed E-state index contributed by atoms with van der Waals surface area (Å²) in [6.45, 7) is 11.5. The van der Waals surface area contributed by atoms with Gasteiger partial charge in [0.2, 0.25) is 0 Å². The van der Waals surface area contributed by atoms with E-state index in [9.17, 15) is 0 Å². The van der Waals surface area contributed by atoms with E-state index in [0.29, 0.717) is 0 Å².